The number of thioether (sulfide) groups is 4. The standard InChI is InChI=1S/C20H26O2S4/c1-15(2)19(21)25-11-9-23-13-17-5-7-18(8-6-17)14-24-10-12-26-20(22)16(3)4/h5-8H,1,3,9-14H2,2,4H3. The van der Waals surface area contributed by atoms with E-state index in [1.165, 1.54) is 34.7 Å². The van der Waals surface area contributed by atoms with Crippen molar-refractivity contribution in [2.24, 2.45) is 0 Å². The summed E-state index contributed by atoms with van der Waals surface area (Å²) in [5, 5.41) is 0.185. The molecule has 1 aromatic rings. The van der Waals surface area contributed by atoms with E-state index in [4.69, 9.17) is 0 Å². The first-order valence-corrected chi connectivity index (χ1v) is 12.6. The van der Waals surface area contributed by atoms with Gasteiger partial charge in [0.15, 0.2) is 0 Å². The first-order valence-electron chi connectivity index (χ1n) is 8.28. The van der Waals surface area contributed by atoms with Crippen molar-refractivity contribution < 1.29 is 9.59 Å². The summed E-state index contributed by atoms with van der Waals surface area (Å²) in [6.07, 6.45) is 0. The molecule has 0 fully saturated rings. The third-order valence-corrected chi connectivity index (χ3v) is 7.79. The highest BCUT2D eigenvalue weighted by Crippen LogP contribution is 2.19. The molecule has 26 heavy (non-hydrogen) atoms. The number of hydrogen-bond acceptors (Lipinski definition) is 6. The summed E-state index contributed by atoms with van der Waals surface area (Å²) in [5.41, 5.74) is 3.86. The summed E-state index contributed by atoms with van der Waals surface area (Å²) < 4.78 is 0. The molecule has 0 unspecified atom stereocenters. The summed E-state index contributed by atoms with van der Waals surface area (Å²) in [6.45, 7) is 10.8. The minimum absolute atomic E-state index is 0.0924. The monoisotopic (exact) mass is 426 g/mol. The van der Waals surface area contributed by atoms with Gasteiger partial charge in [0.1, 0.15) is 0 Å². The van der Waals surface area contributed by atoms with E-state index in [-0.39, 0.29) is 10.2 Å². The van der Waals surface area contributed by atoms with Gasteiger partial charge in [0, 0.05) is 34.5 Å². The van der Waals surface area contributed by atoms with Crippen LogP contribution in [0, 0.1) is 0 Å². The molecule has 0 saturated carbocycles. The average molecular weight is 427 g/mol. The van der Waals surface area contributed by atoms with Crippen LogP contribution in [0.1, 0.15) is 25.0 Å². The third kappa shape index (κ3) is 10.6. The molecule has 142 valence electrons. The van der Waals surface area contributed by atoms with Crippen LogP contribution < -0.4 is 0 Å². The molecule has 0 radical (unpaired) electrons. The topological polar surface area (TPSA) is 34.1 Å². The van der Waals surface area contributed by atoms with Gasteiger partial charge in [0.05, 0.1) is 0 Å². The van der Waals surface area contributed by atoms with Crippen molar-refractivity contribution in [3.05, 3.63) is 59.7 Å². The second-order valence-corrected chi connectivity index (χ2v) is 10.1. The van der Waals surface area contributed by atoms with Crippen molar-refractivity contribution in [3.63, 3.8) is 0 Å². The van der Waals surface area contributed by atoms with Gasteiger partial charge in [-0.2, -0.15) is 23.5 Å². The Balaban J connectivity index is 2.15. The van der Waals surface area contributed by atoms with Gasteiger partial charge in [-0.25, -0.2) is 0 Å². The molecule has 0 aliphatic rings. The molecular formula is C20H26O2S4. The van der Waals surface area contributed by atoms with Crippen molar-refractivity contribution in [2.75, 3.05) is 23.0 Å². The maximum Gasteiger partial charge on any atom is 0.214 e. The second kappa shape index (κ2) is 13.6. The molecule has 0 heterocycles. The SMILES string of the molecule is C=C(C)C(=O)SCCSCc1ccc(CSCCSC(=O)C(=C)C)cc1. The van der Waals surface area contributed by atoms with E-state index in [9.17, 15) is 9.59 Å². The summed E-state index contributed by atoms with van der Waals surface area (Å²) in [5.74, 6) is 5.52. The summed E-state index contributed by atoms with van der Waals surface area (Å²) in [7, 11) is 0. The lowest BCUT2D eigenvalue weighted by atomic mass is 10.2. The minimum atomic E-state index is 0.0924. The van der Waals surface area contributed by atoms with E-state index < -0.39 is 0 Å². The zero-order chi connectivity index (χ0) is 19.4. The number of rotatable bonds is 12. The fourth-order valence-electron chi connectivity index (χ4n) is 1.74. The number of carbonyl (C=O) groups excluding carboxylic acids is 2. The fraction of sp³-hybridized carbons (Fsp3) is 0.400. The lowest BCUT2D eigenvalue weighted by Gasteiger charge is -2.05. The van der Waals surface area contributed by atoms with Gasteiger partial charge in [0.25, 0.3) is 0 Å². The molecule has 0 bridgehead atoms. The quantitative estimate of drug-likeness (QED) is 0.309. The van der Waals surface area contributed by atoms with Gasteiger partial charge in [-0.3, -0.25) is 9.59 Å². The van der Waals surface area contributed by atoms with Crippen LogP contribution >= 0.6 is 47.0 Å². The van der Waals surface area contributed by atoms with Gasteiger partial charge < -0.3 is 0 Å². The molecule has 6 heteroatoms. The Morgan fingerprint density at radius 1 is 0.731 bits per heavy atom. The zero-order valence-corrected chi connectivity index (χ0v) is 18.7. The molecule has 0 aliphatic carbocycles. The van der Waals surface area contributed by atoms with Crippen LogP contribution in [-0.4, -0.2) is 33.2 Å². The predicted molar refractivity (Wildman–Crippen MR) is 123 cm³/mol. The van der Waals surface area contributed by atoms with Crippen LogP contribution in [0.5, 0.6) is 0 Å². The van der Waals surface area contributed by atoms with Gasteiger partial charge in [-0.15, -0.1) is 0 Å². The highest BCUT2D eigenvalue weighted by atomic mass is 32.2. The molecule has 2 nitrogen and oxygen atoms in total. The normalized spacial score (nSPS) is 10.5. The molecule has 0 saturated heterocycles. The molecular weight excluding hydrogens is 400 g/mol. The molecule has 0 N–H and O–H groups in total. The van der Waals surface area contributed by atoms with Gasteiger partial charge in [0.2, 0.25) is 10.2 Å². The maximum absolute atomic E-state index is 11.4. The molecule has 0 atom stereocenters. The third-order valence-electron chi connectivity index (χ3n) is 3.18. The first kappa shape index (κ1) is 23.5. The predicted octanol–water partition coefficient (Wildman–Crippen LogP) is 5.82. The number of hydrogen-bond donors (Lipinski definition) is 0. The highest BCUT2D eigenvalue weighted by molar-refractivity contribution is 8.15. The largest absolute Gasteiger partial charge is 0.282 e. The molecule has 1 aromatic carbocycles. The molecule has 0 amide bonds. The van der Waals surface area contributed by atoms with Gasteiger partial charge in [-0.05, 0) is 36.1 Å². The Labute approximate surface area is 174 Å². The maximum atomic E-state index is 11.4. The van der Waals surface area contributed by atoms with Crippen molar-refractivity contribution in [3.8, 4) is 0 Å². The van der Waals surface area contributed by atoms with Crippen molar-refractivity contribution in [2.45, 2.75) is 25.4 Å². The number of carbonyl (C=O) groups is 2. The minimum Gasteiger partial charge on any atom is -0.282 e. The van der Waals surface area contributed by atoms with Crippen molar-refractivity contribution in [1.82, 2.24) is 0 Å². The number of benzene rings is 1. The fourth-order valence-corrected chi connectivity index (χ4v) is 5.36. The second-order valence-electron chi connectivity index (χ2n) is 5.75. The smallest absolute Gasteiger partial charge is 0.214 e. The Morgan fingerprint density at radius 2 is 1.08 bits per heavy atom. The molecule has 0 aromatic heterocycles. The Bertz CT molecular complexity index is 568. The van der Waals surface area contributed by atoms with Gasteiger partial charge >= 0.3 is 0 Å². The van der Waals surface area contributed by atoms with E-state index >= 15 is 0 Å². The summed E-state index contributed by atoms with van der Waals surface area (Å²) in [4.78, 5) is 22.9. The summed E-state index contributed by atoms with van der Waals surface area (Å²) >= 11 is 6.39. The van der Waals surface area contributed by atoms with E-state index in [1.54, 1.807) is 13.8 Å². The van der Waals surface area contributed by atoms with Crippen LogP contribution in [0.2, 0.25) is 0 Å². The van der Waals surface area contributed by atoms with E-state index in [0.29, 0.717) is 11.1 Å². The van der Waals surface area contributed by atoms with Crippen LogP contribution in [0.3, 0.4) is 0 Å². The lowest BCUT2D eigenvalue weighted by molar-refractivity contribution is -0.108. The van der Waals surface area contributed by atoms with E-state index in [1.807, 2.05) is 23.5 Å². The Hall–Kier alpha value is -0.560. The van der Waals surface area contributed by atoms with Crippen molar-refractivity contribution in [1.29, 1.82) is 0 Å². The Kier molecular flexibility index (Phi) is 12.3. The first-order chi connectivity index (χ1) is 12.4. The van der Waals surface area contributed by atoms with Crippen LogP contribution in [0.25, 0.3) is 0 Å². The zero-order valence-electron chi connectivity index (χ0n) is 15.4. The average Bonchev–Trinajstić information content (AvgIpc) is 2.61. The lowest BCUT2D eigenvalue weighted by Crippen LogP contribution is -1.96. The van der Waals surface area contributed by atoms with E-state index in [0.717, 1.165) is 34.5 Å². The van der Waals surface area contributed by atoms with Crippen molar-refractivity contribution >= 4 is 57.3 Å². The van der Waals surface area contributed by atoms with Crippen LogP contribution in [-0.2, 0) is 21.1 Å². The molecule has 1 rings (SSSR count). The van der Waals surface area contributed by atoms with E-state index in [2.05, 4.69) is 37.4 Å². The highest BCUT2D eigenvalue weighted by Gasteiger charge is 2.04. The van der Waals surface area contributed by atoms with Crippen LogP contribution in [0.15, 0.2) is 48.6 Å². The van der Waals surface area contributed by atoms with Crippen LogP contribution in [0.4, 0.5) is 0 Å². The summed E-state index contributed by atoms with van der Waals surface area (Å²) in [6, 6.07) is 8.70. The van der Waals surface area contributed by atoms with Gasteiger partial charge in [-0.1, -0.05) is 60.9 Å². The molecule has 0 spiro atoms. The molecule has 0 aliphatic heterocycles. The Morgan fingerprint density at radius 3 is 1.38 bits per heavy atom.